The molecule has 0 saturated carbocycles. The molecule has 1 aromatic carbocycles. The summed E-state index contributed by atoms with van der Waals surface area (Å²) in [6, 6.07) is 6.08. The fourth-order valence-corrected chi connectivity index (χ4v) is 2.77. The van der Waals surface area contributed by atoms with E-state index in [1.807, 2.05) is 6.07 Å². The summed E-state index contributed by atoms with van der Waals surface area (Å²) in [5.41, 5.74) is 2.52. The molecule has 0 bridgehead atoms. The minimum absolute atomic E-state index is 0.339. The molecule has 4 heteroatoms. The Morgan fingerprint density at radius 1 is 1.53 bits per heavy atom. The fourth-order valence-electron chi connectivity index (χ4n) is 2.13. The van der Waals surface area contributed by atoms with Gasteiger partial charge in [0.15, 0.2) is 0 Å². The molecule has 1 unspecified atom stereocenters. The lowest BCUT2D eigenvalue weighted by atomic mass is 10.1. The number of rotatable bonds is 3. The molecule has 0 spiro atoms. The maximum absolute atomic E-state index is 6.09. The summed E-state index contributed by atoms with van der Waals surface area (Å²) in [7, 11) is 0. The highest BCUT2D eigenvalue weighted by Gasteiger charge is 2.20. The van der Waals surface area contributed by atoms with Gasteiger partial charge in [0, 0.05) is 29.1 Å². The first kappa shape index (κ1) is 13.2. The van der Waals surface area contributed by atoms with Crippen LogP contribution in [0.25, 0.3) is 0 Å². The Labute approximate surface area is 116 Å². The molecule has 17 heavy (non-hydrogen) atoms. The number of morpholine rings is 1. The van der Waals surface area contributed by atoms with E-state index in [-0.39, 0.29) is 0 Å². The molecule has 1 heterocycles. The van der Waals surface area contributed by atoms with Gasteiger partial charge in [-0.3, -0.25) is 0 Å². The molecule has 94 valence electrons. The highest BCUT2D eigenvalue weighted by molar-refractivity contribution is 9.08. The van der Waals surface area contributed by atoms with Gasteiger partial charge in [0.1, 0.15) is 0 Å². The van der Waals surface area contributed by atoms with Gasteiger partial charge in [-0.05, 0) is 24.1 Å². The Balaban J connectivity index is 2.22. The SMILES string of the molecule is CCC1CN(c2cc(Cl)ccc2CBr)CCO1. The molecule has 0 amide bonds. The number of nitrogens with zero attached hydrogens (tertiary/aromatic N) is 1. The van der Waals surface area contributed by atoms with E-state index >= 15 is 0 Å². The van der Waals surface area contributed by atoms with Crippen LogP contribution in [0.3, 0.4) is 0 Å². The Morgan fingerprint density at radius 3 is 3.06 bits per heavy atom. The molecule has 1 aliphatic heterocycles. The van der Waals surface area contributed by atoms with Gasteiger partial charge in [0.05, 0.1) is 12.7 Å². The summed E-state index contributed by atoms with van der Waals surface area (Å²) >= 11 is 9.62. The zero-order chi connectivity index (χ0) is 12.3. The van der Waals surface area contributed by atoms with Gasteiger partial charge >= 0.3 is 0 Å². The minimum atomic E-state index is 0.339. The van der Waals surface area contributed by atoms with Crippen LogP contribution in [0.5, 0.6) is 0 Å². The number of halogens is 2. The van der Waals surface area contributed by atoms with E-state index in [0.29, 0.717) is 6.10 Å². The number of hydrogen-bond acceptors (Lipinski definition) is 2. The van der Waals surface area contributed by atoms with Gasteiger partial charge in [-0.2, -0.15) is 0 Å². The number of benzene rings is 1. The number of ether oxygens (including phenoxy) is 1. The summed E-state index contributed by atoms with van der Waals surface area (Å²) in [6.07, 6.45) is 1.40. The largest absolute Gasteiger partial charge is 0.375 e. The zero-order valence-electron chi connectivity index (χ0n) is 9.96. The molecule has 0 radical (unpaired) electrons. The molecular formula is C13H17BrClNO. The lowest BCUT2D eigenvalue weighted by Crippen LogP contribution is -2.42. The highest BCUT2D eigenvalue weighted by Crippen LogP contribution is 2.28. The molecule has 0 aliphatic carbocycles. The van der Waals surface area contributed by atoms with Crippen molar-refractivity contribution in [1.29, 1.82) is 0 Å². The van der Waals surface area contributed by atoms with E-state index in [0.717, 1.165) is 36.5 Å². The monoisotopic (exact) mass is 317 g/mol. The van der Waals surface area contributed by atoms with Gasteiger partial charge in [-0.15, -0.1) is 0 Å². The van der Waals surface area contributed by atoms with Gasteiger partial charge in [-0.25, -0.2) is 0 Å². The topological polar surface area (TPSA) is 12.5 Å². The average Bonchev–Trinajstić information content (AvgIpc) is 2.39. The second kappa shape index (κ2) is 6.07. The third-order valence-electron chi connectivity index (χ3n) is 3.13. The van der Waals surface area contributed by atoms with E-state index in [4.69, 9.17) is 16.3 Å². The van der Waals surface area contributed by atoms with E-state index in [1.54, 1.807) is 0 Å². The predicted octanol–water partition coefficient (Wildman–Crippen LogP) is 3.85. The molecule has 2 nitrogen and oxygen atoms in total. The van der Waals surface area contributed by atoms with Crippen LogP contribution in [0.15, 0.2) is 18.2 Å². The van der Waals surface area contributed by atoms with Crippen molar-refractivity contribution in [1.82, 2.24) is 0 Å². The van der Waals surface area contributed by atoms with Gasteiger partial charge < -0.3 is 9.64 Å². The maximum atomic E-state index is 6.09. The first-order valence-electron chi connectivity index (χ1n) is 5.95. The van der Waals surface area contributed by atoms with E-state index in [9.17, 15) is 0 Å². The summed E-state index contributed by atoms with van der Waals surface area (Å²) in [4.78, 5) is 2.38. The molecule has 0 aromatic heterocycles. The molecule has 1 atom stereocenters. The third-order valence-corrected chi connectivity index (χ3v) is 3.97. The van der Waals surface area contributed by atoms with E-state index < -0.39 is 0 Å². The summed E-state index contributed by atoms with van der Waals surface area (Å²) in [6.45, 7) is 4.86. The summed E-state index contributed by atoms with van der Waals surface area (Å²) < 4.78 is 5.70. The van der Waals surface area contributed by atoms with Crippen LogP contribution in [0.2, 0.25) is 5.02 Å². The van der Waals surface area contributed by atoms with Crippen molar-refractivity contribution in [3.05, 3.63) is 28.8 Å². The Kier molecular flexibility index (Phi) is 4.71. The van der Waals surface area contributed by atoms with Crippen LogP contribution in [0.4, 0.5) is 5.69 Å². The molecule has 2 rings (SSSR count). The lowest BCUT2D eigenvalue weighted by molar-refractivity contribution is 0.0384. The van der Waals surface area contributed by atoms with Crippen molar-refractivity contribution in [2.75, 3.05) is 24.6 Å². The first-order valence-corrected chi connectivity index (χ1v) is 7.45. The number of anilines is 1. The number of hydrogen-bond donors (Lipinski definition) is 0. The normalized spacial score (nSPS) is 20.6. The average molecular weight is 319 g/mol. The van der Waals surface area contributed by atoms with Crippen molar-refractivity contribution in [3.8, 4) is 0 Å². The van der Waals surface area contributed by atoms with Crippen LogP contribution >= 0.6 is 27.5 Å². The van der Waals surface area contributed by atoms with Crippen molar-refractivity contribution >= 4 is 33.2 Å². The standard InChI is InChI=1S/C13H17BrClNO/c1-2-12-9-16(5-6-17-12)13-7-11(15)4-3-10(13)8-14/h3-4,7,12H,2,5-6,8-9H2,1H3. The molecule has 1 saturated heterocycles. The second-order valence-corrected chi connectivity index (χ2v) is 5.25. The van der Waals surface area contributed by atoms with Gasteiger partial charge in [-0.1, -0.05) is 40.5 Å². The smallest absolute Gasteiger partial charge is 0.0748 e. The predicted molar refractivity (Wildman–Crippen MR) is 76.3 cm³/mol. The van der Waals surface area contributed by atoms with Crippen LogP contribution in [0, 0.1) is 0 Å². The molecular weight excluding hydrogens is 302 g/mol. The molecule has 1 aliphatic rings. The molecule has 0 N–H and O–H groups in total. The molecule has 1 aromatic rings. The Bertz CT molecular complexity index is 386. The van der Waals surface area contributed by atoms with Crippen LogP contribution < -0.4 is 4.90 Å². The number of alkyl halides is 1. The van der Waals surface area contributed by atoms with E-state index in [2.05, 4.69) is 39.9 Å². The minimum Gasteiger partial charge on any atom is -0.375 e. The Hall–Kier alpha value is -0.250. The summed E-state index contributed by atoms with van der Waals surface area (Å²) in [5.74, 6) is 0. The van der Waals surface area contributed by atoms with Crippen molar-refractivity contribution < 1.29 is 4.74 Å². The highest BCUT2D eigenvalue weighted by atomic mass is 79.9. The zero-order valence-corrected chi connectivity index (χ0v) is 12.3. The second-order valence-electron chi connectivity index (χ2n) is 4.25. The molecule has 1 fully saturated rings. The maximum Gasteiger partial charge on any atom is 0.0748 e. The first-order chi connectivity index (χ1) is 8.24. The van der Waals surface area contributed by atoms with Crippen LogP contribution in [-0.2, 0) is 10.1 Å². The van der Waals surface area contributed by atoms with Crippen LogP contribution in [-0.4, -0.2) is 25.8 Å². The van der Waals surface area contributed by atoms with Crippen LogP contribution in [0.1, 0.15) is 18.9 Å². The van der Waals surface area contributed by atoms with Crippen molar-refractivity contribution in [3.63, 3.8) is 0 Å². The van der Waals surface area contributed by atoms with Crippen molar-refractivity contribution in [2.24, 2.45) is 0 Å². The summed E-state index contributed by atoms with van der Waals surface area (Å²) in [5, 5.41) is 1.65. The van der Waals surface area contributed by atoms with Crippen molar-refractivity contribution in [2.45, 2.75) is 24.8 Å². The van der Waals surface area contributed by atoms with E-state index in [1.165, 1.54) is 11.3 Å². The van der Waals surface area contributed by atoms with Gasteiger partial charge in [0.2, 0.25) is 0 Å². The lowest BCUT2D eigenvalue weighted by Gasteiger charge is -2.35. The van der Waals surface area contributed by atoms with Gasteiger partial charge in [0.25, 0.3) is 0 Å². The third kappa shape index (κ3) is 3.15. The fraction of sp³-hybridized carbons (Fsp3) is 0.538. The Morgan fingerprint density at radius 2 is 2.35 bits per heavy atom. The quantitative estimate of drug-likeness (QED) is 0.785.